The maximum absolute atomic E-state index is 12.4. The number of anilines is 1. The zero-order valence-electron chi connectivity index (χ0n) is 13.2. The molecule has 4 heteroatoms. The van der Waals surface area contributed by atoms with Gasteiger partial charge in [0, 0.05) is 22.9 Å². The van der Waals surface area contributed by atoms with E-state index in [-0.39, 0.29) is 11.4 Å². The van der Waals surface area contributed by atoms with Gasteiger partial charge in [0.2, 0.25) is 0 Å². The predicted octanol–water partition coefficient (Wildman–Crippen LogP) is 4.24. The average molecular weight is 327 g/mol. The number of benzene rings is 2. The second-order valence-corrected chi connectivity index (χ2v) is 6.78. The van der Waals surface area contributed by atoms with E-state index >= 15 is 0 Å². The van der Waals surface area contributed by atoms with Crippen LogP contribution in [0.4, 0.5) is 5.69 Å². The first-order valence-electron chi connectivity index (χ1n) is 7.58. The Bertz CT molecular complexity index is 780. The molecule has 2 aromatic rings. The van der Waals surface area contributed by atoms with Gasteiger partial charge in [-0.25, -0.2) is 0 Å². The fourth-order valence-corrected chi connectivity index (χ4v) is 3.05. The topological polar surface area (TPSA) is 41.1 Å². The van der Waals surface area contributed by atoms with Crippen molar-refractivity contribution in [2.75, 3.05) is 5.32 Å². The fraction of sp³-hybridized carbons (Fsp3) is 0.211. The molecule has 0 radical (unpaired) electrons. The molecule has 1 amide bonds. The van der Waals surface area contributed by atoms with Crippen molar-refractivity contribution in [3.8, 4) is 0 Å². The van der Waals surface area contributed by atoms with Crippen molar-refractivity contribution in [3.05, 3.63) is 70.8 Å². The lowest BCUT2D eigenvalue weighted by molar-refractivity contribution is -0.111. The van der Waals surface area contributed by atoms with Gasteiger partial charge in [-0.2, -0.15) is 0 Å². The van der Waals surface area contributed by atoms with Crippen molar-refractivity contribution in [2.45, 2.75) is 25.8 Å². The minimum absolute atomic E-state index is 0.0924. The normalized spacial score (nSPS) is 17.3. The Hall–Kier alpha value is -2.26. The summed E-state index contributed by atoms with van der Waals surface area (Å²) >= 11 is 6.09. The minimum atomic E-state index is -0.201. The standard InChI is InChI=1S/C19H19ClN2O/c1-19(2)12-13-7-3-4-8-14(13)17(22-19)11-18(23)21-16-10-6-5-9-15(16)20/h3-11,22H,12H2,1-2H3,(H,21,23). The van der Waals surface area contributed by atoms with Crippen LogP contribution in [-0.2, 0) is 11.2 Å². The first kappa shape index (κ1) is 15.6. The fourth-order valence-electron chi connectivity index (χ4n) is 2.87. The SMILES string of the molecule is CC1(C)Cc2ccccc2C(=CC(=O)Nc2ccccc2Cl)N1. The van der Waals surface area contributed by atoms with Gasteiger partial charge in [-0.1, -0.05) is 48.0 Å². The highest BCUT2D eigenvalue weighted by molar-refractivity contribution is 6.33. The second kappa shape index (κ2) is 6.09. The van der Waals surface area contributed by atoms with Crippen LogP contribution in [0.2, 0.25) is 5.02 Å². The van der Waals surface area contributed by atoms with Gasteiger partial charge in [0.1, 0.15) is 0 Å². The summed E-state index contributed by atoms with van der Waals surface area (Å²) in [5.41, 5.74) is 3.67. The highest BCUT2D eigenvalue weighted by atomic mass is 35.5. The monoisotopic (exact) mass is 326 g/mol. The van der Waals surface area contributed by atoms with E-state index in [9.17, 15) is 4.79 Å². The second-order valence-electron chi connectivity index (χ2n) is 6.37. The number of carbonyl (C=O) groups is 1. The maximum Gasteiger partial charge on any atom is 0.250 e. The summed E-state index contributed by atoms with van der Waals surface area (Å²) in [7, 11) is 0. The number of nitrogens with one attached hydrogen (secondary N) is 2. The summed E-state index contributed by atoms with van der Waals surface area (Å²) in [6.45, 7) is 4.26. The number of rotatable bonds is 2. The van der Waals surface area contributed by atoms with Gasteiger partial charge in [-0.3, -0.25) is 4.79 Å². The van der Waals surface area contributed by atoms with E-state index in [4.69, 9.17) is 11.6 Å². The lowest BCUT2D eigenvalue weighted by atomic mass is 9.86. The van der Waals surface area contributed by atoms with Crippen LogP contribution in [0.3, 0.4) is 0 Å². The average Bonchev–Trinajstić information content (AvgIpc) is 2.48. The molecule has 0 fully saturated rings. The molecule has 1 aliphatic heterocycles. The summed E-state index contributed by atoms with van der Waals surface area (Å²) in [4.78, 5) is 12.4. The van der Waals surface area contributed by atoms with E-state index in [0.717, 1.165) is 17.7 Å². The lowest BCUT2D eigenvalue weighted by Gasteiger charge is -2.35. The molecule has 1 aliphatic rings. The van der Waals surface area contributed by atoms with Crippen LogP contribution in [0.25, 0.3) is 5.70 Å². The van der Waals surface area contributed by atoms with Gasteiger partial charge in [0.05, 0.1) is 10.7 Å². The molecule has 23 heavy (non-hydrogen) atoms. The van der Waals surface area contributed by atoms with E-state index in [0.29, 0.717) is 10.7 Å². The number of hydrogen-bond acceptors (Lipinski definition) is 2. The van der Waals surface area contributed by atoms with E-state index in [1.165, 1.54) is 5.56 Å². The summed E-state index contributed by atoms with van der Waals surface area (Å²) in [6, 6.07) is 15.4. The van der Waals surface area contributed by atoms with Crippen molar-refractivity contribution in [3.63, 3.8) is 0 Å². The zero-order valence-corrected chi connectivity index (χ0v) is 13.9. The Kier molecular flexibility index (Phi) is 4.14. The molecule has 3 nitrogen and oxygen atoms in total. The summed E-state index contributed by atoms with van der Waals surface area (Å²) < 4.78 is 0. The Balaban J connectivity index is 1.89. The van der Waals surface area contributed by atoms with Gasteiger partial charge < -0.3 is 10.6 Å². The number of para-hydroxylation sites is 1. The maximum atomic E-state index is 12.4. The third-order valence-corrected chi connectivity index (χ3v) is 4.15. The predicted molar refractivity (Wildman–Crippen MR) is 95.4 cm³/mol. The smallest absolute Gasteiger partial charge is 0.250 e. The molecule has 2 aromatic carbocycles. The number of hydrogen-bond donors (Lipinski definition) is 2. The molecule has 2 N–H and O–H groups in total. The number of fused-ring (bicyclic) bond motifs is 1. The molecule has 0 saturated carbocycles. The third kappa shape index (κ3) is 3.57. The molecule has 0 atom stereocenters. The van der Waals surface area contributed by atoms with Crippen LogP contribution in [0.1, 0.15) is 25.0 Å². The highest BCUT2D eigenvalue weighted by Gasteiger charge is 2.27. The van der Waals surface area contributed by atoms with Crippen LogP contribution >= 0.6 is 11.6 Å². The summed E-state index contributed by atoms with van der Waals surface area (Å²) in [5, 5.41) is 6.80. The molecule has 118 valence electrons. The van der Waals surface area contributed by atoms with Crippen molar-refractivity contribution < 1.29 is 4.79 Å². The Morgan fingerprint density at radius 3 is 2.65 bits per heavy atom. The molecule has 1 heterocycles. The quantitative estimate of drug-likeness (QED) is 0.810. The van der Waals surface area contributed by atoms with Crippen molar-refractivity contribution in [2.24, 2.45) is 0 Å². The Labute approximate surface area is 141 Å². The highest BCUT2D eigenvalue weighted by Crippen LogP contribution is 2.29. The van der Waals surface area contributed by atoms with Crippen LogP contribution in [0, 0.1) is 0 Å². The first-order valence-corrected chi connectivity index (χ1v) is 7.96. The van der Waals surface area contributed by atoms with Crippen molar-refractivity contribution in [1.29, 1.82) is 0 Å². The van der Waals surface area contributed by atoms with Gasteiger partial charge in [0.25, 0.3) is 5.91 Å². The van der Waals surface area contributed by atoms with Crippen LogP contribution in [0.5, 0.6) is 0 Å². The van der Waals surface area contributed by atoms with Crippen molar-refractivity contribution in [1.82, 2.24) is 5.32 Å². The molecular weight excluding hydrogens is 308 g/mol. The number of carbonyl (C=O) groups excluding carboxylic acids is 1. The minimum Gasteiger partial charge on any atom is -0.379 e. The first-order chi connectivity index (χ1) is 10.9. The molecule has 0 unspecified atom stereocenters. The zero-order chi connectivity index (χ0) is 16.4. The molecule has 0 aliphatic carbocycles. The van der Waals surface area contributed by atoms with Gasteiger partial charge >= 0.3 is 0 Å². The lowest BCUT2D eigenvalue weighted by Crippen LogP contribution is -2.44. The number of amides is 1. The molecule has 0 aromatic heterocycles. The van der Waals surface area contributed by atoms with Crippen LogP contribution in [0.15, 0.2) is 54.6 Å². The Morgan fingerprint density at radius 2 is 1.87 bits per heavy atom. The van der Waals surface area contributed by atoms with Gasteiger partial charge in [-0.15, -0.1) is 0 Å². The van der Waals surface area contributed by atoms with Crippen molar-refractivity contribution >= 4 is 28.9 Å². The van der Waals surface area contributed by atoms with E-state index < -0.39 is 0 Å². The van der Waals surface area contributed by atoms with E-state index in [1.54, 1.807) is 18.2 Å². The van der Waals surface area contributed by atoms with Gasteiger partial charge in [0.15, 0.2) is 0 Å². The molecular formula is C19H19ClN2O. The largest absolute Gasteiger partial charge is 0.379 e. The third-order valence-electron chi connectivity index (χ3n) is 3.82. The molecule has 3 rings (SSSR count). The Morgan fingerprint density at radius 1 is 1.17 bits per heavy atom. The summed E-state index contributed by atoms with van der Waals surface area (Å²) in [6.07, 6.45) is 2.52. The molecule has 0 spiro atoms. The van der Waals surface area contributed by atoms with Gasteiger partial charge in [-0.05, 0) is 38.0 Å². The van der Waals surface area contributed by atoms with E-state index in [2.05, 4.69) is 30.5 Å². The van der Waals surface area contributed by atoms with Crippen LogP contribution in [-0.4, -0.2) is 11.4 Å². The molecule has 0 bridgehead atoms. The number of halogens is 1. The summed E-state index contributed by atoms with van der Waals surface area (Å²) in [5.74, 6) is -0.201. The van der Waals surface area contributed by atoms with Crippen LogP contribution < -0.4 is 10.6 Å². The molecule has 0 saturated heterocycles. The van der Waals surface area contributed by atoms with E-state index in [1.807, 2.05) is 30.3 Å².